The molecule has 4 fully saturated rings. The molecule has 1 aromatic heterocycles. The minimum atomic E-state index is -4.44. The average molecular weight is 467 g/mol. The molecule has 8 atom stereocenters. The summed E-state index contributed by atoms with van der Waals surface area (Å²) in [7, 11) is 0. The normalized spacial score (nSPS) is 45.2. The molecule has 5 rings (SSSR count). The SMILES string of the molecule is CC12CC[C@@](C)(O)C[C@H]1CC[C@@H]1[C@@H]2CC[C@]2(C)[C@@H](C(=O)Cn3cc(C(F)(F)F)cn3)CC[C@@H]12. The van der Waals surface area contributed by atoms with Crippen molar-refractivity contribution in [1.82, 2.24) is 9.78 Å². The van der Waals surface area contributed by atoms with Crippen LogP contribution in [0.4, 0.5) is 13.2 Å². The standard InChI is InChI=1S/C26H37F3N2O2/c1-23(33)10-11-24(2)16(12-23)4-5-18-19-6-7-21(25(19,3)9-8-20(18)24)22(32)15-31-14-17(13-30-31)26(27,28)29/h13-14,16,18-21,33H,4-12,15H2,1-3H3/t16-,18+,19+,20+,21-,23-,24?,25+/m1/s1. The minimum absolute atomic E-state index is 0.0314. The van der Waals surface area contributed by atoms with E-state index in [2.05, 4.69) is 18.9 Å². The lowest BCUT2D eigenvalue weighted by atomic mass is 9.44. The van der Waals surface area contributed by atoms with Crippen LogP contribution < -0.4 is 0 Å². The molecule has 1 heterocycles. The van der Waals surface area contributed by atoms with E-state index in [1.807, 2.05) is 6.92 Å². The van der Waals surface area contributed by atoms with E-state index in [4.69, 9.17) is 0 Å². The summed E-state index contributed by atoms with van der Waals surface area (Å²) < 4.78 is 39.9. The Morgan fingerprint density at radius 1 is 1.06 bits per heavy atom. The fraction of sp³-hybridized carbons (Fsp3) is 0.846. The molecule has 1 unspecified atom stereocenters. The van der Waals surface area contributed by atoms with Crippen LogP contribution in [-0.4, -0.2) is 26.3 Å². The van der Waals surface area contributed by atoms with Gasteiger partial charge in [-0.05, 0) is 99.2 Å². The fourth-order valence-electron chi connectivity index (χ4n) is 8.83. The van der Waals surface area contributed by atoms with Gasteiger partial charge >= 0.3 is 6.18 Å². The molecule has 4 aliphatic rings. The monoisotopic (exact) mass is 466 g/mol. The van der Waals surface area contributed by atoms with Gasteiger partial charge in [0, 0.05) is 12.1 Å². The van der Waals surface area contributed by atoms with Gasteiger partial charge in [0.15, 0.2) is 5.78 Å². The van der Waals surface area contributed by atoms with Gasteiger partial charge in [-0.1, -0.05) is 13.8 Å². The first kappa shape index (κ1) is 23.4. The largest absolute Gasteiger partial charge is 0.419 e. The van der Waals surface area contributed by atoms with Gasteiger partial charge in [-0.25, -0.2) is 0 Å². The molecule has 0 saturated heterocycles. The first-order chi connectivity index (χ1) is 15.3. The number of carbonyl (C=O) groups excluding carboxylic acids is 1. The third-order valence-corrected chi connectivity index (χ3v) is 10.6. The van der Waals surface area contributed by atoms with Gasteiger partial charge in [0.1, 0.15) is 0 Å². The number of ketones is 1. The molecule has 4 saturated carbocycles. The number of aromatic nitrogens is 2. The number of alkyl halides is 3. The van der Waals surface area contributed by atoms with E-state index in [1.54, 1.807) is 0 Å². The zero-order chi connectivity index (χ0) is 23.8. The second kappa shape index (κ2) is 7.56. The number of carbonyl (C=O) groups is 1. The maximum absolute atomic E-state index is 13.3. The first-order valence-corrected chi connectivity index (χ1v) is 12.7. The molecule has 0 bridgehead atoms. The summed E-state index contributed by atoms with van der Waals surface area (Å²) in [6.07, 6.45) is 6.52. The molecular weight excluding hydrogens is 429 g/mol. The summed E-state index contributed by atoms with van der Waals surface area (Å²) in [5, 5.41) is 14.5. The van der Waals surface area contributed by atoms with Crippen molar-refractivity contribution < 1.29 is 23.1 Å². The third-order valence-electron chi connectivity index (χ3n) is 10.6. The molecule has 7 heteroatoms. The Hall–Kier alpha value is -1.37. The zero-order valence-corrected chi connectivity index (χ0v) is 20.0. The number of Topliss-reactive ketones (excluding diaryl/α,β-unsaturated/α-hetero) is 1. The highest BCUT2D eigenvalue weighted by Gasteiger charge is 2.61. The van der Waals surface area contributed by atoms with Crippen molar-refractivity contribution in [2.75, 3.05) is 0 Å². The van der Waals surface area contributed by atoms with Crippen molar-refractivity contribution in [3.05, 3.63) is 18.0 Å². The number of fused-ring (bicyclic) bond motifs is 5. The van der Waals surface area contributed by atoms with Crippen molar-refractivity contribution in [3.63, 3.8) is 0 Å². The van der Waals surface area contributed by atoms with Gasteiger partial charge < -0.3 is 5.11 Å². The number of aliphatic hydroxyl groups is 1. The number of rotatable bonds is 3. The van der Waals surface area contributed by atoms with Gasteiger partial charge in [0.2, 0.25) is 0 Å². The van der Waals surface area contributed by atoms with Gasteiger partial charge in [-0.3, -0.25) is 9.48 Å². The molecule has 0 aliphatic heterocycles. The average Bonchev–Trinajstić information content (AvgIpc) is 3.32. The molecule has 1 N–H and O–H groups in total. The molecule has 0 spiro atoms. The molecule has 4 aliphatic carbocycles. The van der Waals surface area contributed by atoms with Crippen LogP contribution in [0.3, 0.4) is 0 Å². The Morgan fingerprint density at radius 3 is 2.48 bits per heavy atom. The van der Waals surface area contributed by atoms with Crippen LogP contribution in [-0.2, 0) is 17.5 Å². The third kappa shape index (κ3) is 3.77. The Kier molecular flexibility index (Phi) is 5.36. The van der Waals surface area contributed by atoms with Crippen LogP contribution in [0, 0.1) is 40.4 Å². The Balaban J connectivity index is 1.31. The number of hydrogen-bond acceptors (Lipinski definition) is 3. The van der Waals surface area contributed by atoms with Crippen molar-refractivity contribution in [2.45, 2.75) is 96.9 Å². The second-order valence-corrected chi connectivity index (χ2v) is 12.4. The molecule has 0 aromatic carbocycles. The van der Waals surface area contributed by atoms with E-state index >= 15 is 0 Å². The molecular formula is C26H37F3N2O2. The highest BCUT2D eigenvalue weighted by atomic mass is 19.4. The van der Waals surface area contributed by atoms with E-state index in [9.17, 15) is 23.1 Å². The Morgan fingerprint density at radius 2 is 1.79 bits per heavy atom. The zero-order valence-electron chi connectivity index (χ0n) is 20.0. The van der Waals surface area contributed by atoms with Crippen molar-refractivity contribution >= 4 is 5.78 Å². The second-order valence-electron chi connectivity index (χ2n) is 12.4. The molecule has 1 aromatic rings. The lowest BCUT2D eigenvalue weighted by Gasteiger charge is -2.61. The summed E-state index contributed by atoms with van der Waals surface area (Å²) in [4.78, 5) is 13.3. The molecule has 0 amide bonds. The summed E-state index contributed by atoms with van der Waals surface area (Å²) in [6, 6.07) is 0. The quantitative estimate of drug-likeness (QED) is 0.605. The smallest absolute Gasteiger partial charge is 0.390 e. The molecule has 4 nitrogen and oxygen atoms in total. The minimum Gasteiger partial charge on any atom is -0.390 e. The van der Waals surface area contributed by atoms with Crippen LogP contribution in [0.2, 0.25) is 0 Å². The summed E-state index contributed by atoms with van der Waals surface area (Å²) in [6.45, 7) is 6.64. The predicted octanol–water partition coefficient (Wildman–Crippen LogP) is 5.88. The first-order valence-electron chi connectivity index (χ1n) is 12.7. The lowest BCUT2D eigenvalue weighted by molar-refractivity contribution is -0.151. The van der Waals surface area contributed by atoms with Crippen LogP contribution in [0.25, 0.3) is 0 Å². The highest BCUT2D eigenvalue weighted by Crippen LogP contribution is 2.68. The topological polar surface area (TPSA) is 55.1 Å². The van der Waals surface area contributed by atoms with E-state index in [-0.39, 0.29) is 29.1 Å². The maximum atomic E-state index is 13.3. The molecule has 184 valence electrons. The lowest BCUT2D eigenvalue weighted by Crippen LogP contribution is -2.55. The predicted molar refractivity (Wildman–Crippen MR) is 118 cm³/mol. The van der Waals surface area contributed by atoms with Gasteiger partial charge in [-0.2, -0.15) is 18.3 Å². The van der Waals surface area contributed by atoms with Crippen LogP contribution in [0.1, 0.15) is 84.1 Å². The van der Waals surface area contributed by atoms with Gasteiger partial charge in [0.05, 0.1) is 23.9 Å². The Labute approximate surface area is 194 Å². The number of hydrogen-bond donors (Lipinski definition) is 1. The number of halogens is 3. The summed E-state index contributed by atoms with van der Waals surface area (Å²) >= 11 is 0. The van der Waals surface area contributed by atoms with Crippen molar-refractivity contribution in [1.29, 1.82) is 0 Å². The maximum Gasteiger partial charge on any atom is 0.419 e. The summed E-state index contributed by atoms with van der Waals surface area (Å²) in [5.41, 5.74) is -1.13. The Bertz CT molecular complexity index is 925. The van der Waals surface area contributed by atoms with Crippen LogP contribution >= 0.6 is 0 Å². The number of nitrogens with zero attached hydrogens (tertiary/aromatic N) is 2. The van der Waals surface area contributed by atoms with E-state index in [0.717, 1.165) is 68.4 Å². The van der Waals surface area contributed by atoms with Crippen LogP contribution in [0.15, 0.2) is 12.4 Å². The molecule has 0 radical (unpaired) electrons. The van der Waals surface area contributed by atoms with Crippen molar-refractivity contribution in [3.8, 4) is 0 Å². The van der Waals surface area contributed by atoms with Gasteiger partial charge in [-0.15, -0.1) is 0 Å². The fourth-order valence-corrected chi connectivity index (χ4v) is 8.83. The van der Waals surface area contributed by atoms with Gasteiger partial charge in [0.25, 0.3) is 0 Å². The van der Waals surface area contributed by atoms with Crippen LogP contribution in [0.5, 0.6) is 0 Å². The van der Waals surface area contributed by atoms with Crippen molar-refractivity contribution in [2.24, 2.45) is 40.4 Å². The van der Waals surface area contributed by atoms with E-state index in [0.29, 0.717) is 23.7 Å². The van der Waals surface area contributed by atoms with E-state index < -0.39 is 17.3 Å². The summed E-state index contributed by atoms with van der Waals surface area (Å²) in [5.74, 6) is 2.29. The highest BCUT2D eigenvalue weighted by molar-refractivity contribution is 5.82. The van der Waals surface area contributed by atoms with E-state index in [1.165, 1.54) is 6.42 Å². The molecule has 33 heavy (non-hydrogen) atoms.